The molecular weight excluding hydrogens is 282 g/mol. The van der Waals surface area contributed by atoms with E-state index in [0.29, 0.717) is 31.1 Å². The van der Waals surface area contributed by atoms with E-state index in [4.69, 9.17) is 4.74 Å². The number of nitrogens with zero attached hydrogens (tertiary/aromatic N) is 3. The van der Waals surface area contributed by atoms with Crippen molar-refractivity contribution in [3.05, 3.63) is 36.5 Å². The zero-order valence-electron chi connectivity index (χ0n) is 12.5. The fourth-order valence-corrected chi connectivity index (χ4v) is 2.45. The first-order chi connectivity index (χ1) is 10.7. The predicted octanol–water partition coefficient (Wildman–Crippen LogP) is 0.893. The number of pyridine rings is 1. The van der Waals surface area contributed by atoms with Crippen LogP contribution in [0.4, 0.5) is 5.69 Å². The molecule has 0 radical (unpaired) electrons. The predicted molar refractivity (Wildman–Crippen MR) is 82.0 cm³/mol. The molecule has 1 aliphatic rings. The summed E-state index contributed by atoms with van der Waals surface area (Å²) in [5, 5.41) is 6.13. The zero-order chi connectivity index (χ0) is 15.4. The Morgan fingerprint density at radius 1 is 1.50 bits per heavy atom. The maximum atomic E-state index is 12.2. The minimum Gasteiger partial charge on any atom is -0.375 e. The van der Waals surface area contributed by atoms with Crippen molar-refractivity contribution in [2.75, 3.05) is 25.0 Å². The van der Waals surface area contributed by atoms with Crippen molar-refractivity contribution >= 4 is 11.6 Å². The van der Waals surface area contributed by atoms with Gasteiger partial charge in [0.1, 0.15) is 5.82 Å². The molecule has 1 atom stereocenters. The smallest absolute Gasteiger partial charge is 0.227 e. The molecule has 7 nitrogen and oxygen atoms in total. The Labute approximate surface area is 128 Å². The molecule has 1 unspecified atom stereocenters. The zero-order valence-corrected chi connectivity index (χ0v) is 12.5. The summed E-state index contributed by atoms with van der Waals surface area (Å²) in [6.07, 6.45) is 5.46. The first-order valence-electron chi connectivity index (χ1n) is 7.31. The van der Waals surface area contributed by atoms with Crippen LogP contribution in [0.25, 0.3) is 5.82 Å². The van der Waals surface area contributed by atoms with Crippen molar-refractivity contribution in [2.24, 2.45) is 0 Å². The summed E-state index contributed by atoms with van der Waals surface area (Å²) >= 11 is 0. The minimum atomic E-state index is -0.0827. The Bertz CT molecular complexity index is 649. The van der Waals surface area contributed by atoms with Crippen LogP contribution in [-0.4, -0.2) is 46.2 Å². The Balaban J connectivity index is 1.72. The number of amides is 1. The van der Waals surface area contributed by atoms with Crippen molar-refractivity contribution in [1.29, 1.82) is 0 Å². The number of anilines is 1. The van der Waals surface area contributed by atoms with Crippen molar-refractivity contribution in [3.63, 3.8) is 0 Å². The SMILES string of the molecule is Cc1nccn1-c1ncccc1NC(=O)CC1CNCCO1. The summed E-state index contributed by atoms with van der Waals surface area (Å²) in [7, 11) is 0. The van der Waals surface area contributed by atoms with Gasteiger partial charge < -0.3 is 15.4 Å². The van der Waals surface area contributed by atoms with Crippen molar-refractivity contribution in [2.45, 2.75) is 19.4 Å². The Kier molecular flexibility index (Phi) is 4.45. The van der Waals surface area contributed by atoms with Crippen LogP contribution in [0.5, 0.6) is 0 Å². The number of carbonyl (C=O) groups excluding carboxylic acids is 1. The second kappa shape index (κ2) is 6.67. The number of hydrogen-bond acceptors (Lipinski definition) is 5. The fraction of sp³-hybridized carbons (Fsp3) is 0.400. The molecule has 7 heteroatoms. The highest BCUT2D eigenvalue weighted by Gasteiger charge is 2.18. The lowest BCUT2D eigenvalue weighted by Crippen LogP contribution is -2.40. The summed E-state index contributed by atoms with van der Waals surface area (Å²) < 4.78 is 7.40. The van der Waals surface area contributed by atoms with E-state index in [9.17, 15) is 4.79 Å². The quantitative estimate of drug-likeness (QED) is 0.876. The fourth-order valence-electron chi connectivity index (χ4n) is 2.45. The van der Waals surface area contributed by atoms with E-state index >= 15 is 0 Å². The van der Waals surface area contributed by atoms with Gasteiger partial charge in [-0.3, -0.25) is 9.36 Å². The monoisotopic (exact) mass is 301 g/mol. The minimum absolute atomic E-state index is 0.0798. The number of hydrogen-bond donors (Lipinski definition) is 2. The Morgan fingerprint density at radius 2 is 2.41 bits per heavy atom. The number of aryl methyl sites for hydroxylation is 1. The Hall–Kier alpha value is -2.25. The average molecular weight is 301 g/mol. The van der Waals surface area contributed by atoms with Crippen molar-refractivity contribution < 1.29 is 9.53 Å². The third-order valence-electron chi connectivity index (χ3n) is 3.53. The molecule has 1 fully saturated rings. The number of carbonyl (C=O) groups is 1. The van der Waals surface area contributed by atoms with Crippen LogP contribution in [0, 0.1) is 6.92 Å². The average Bonchev–Trinajstić information content (AvgIpc) is 2.95. The second-order valence-corrected chi connectivity index (χ2v) is 5.17. The van der Waals surface area contributed by atoms with Gasteiger partial charge in [0.05, 0.1) is 24.8 Å². The highest BCUT2D eigenvalue weighted by molar-refractivity contribution is 5.92. The molecule has 0 saturated carbocycles. The number of imidazole rings is 1. The Morgan fingerprint density at radius 3 is 3.14 bits per heavy atom. The molecule has 3 heterocycles. The summed E-state index contributed by atoms with van der Waals surface area (Å²) in [4.78, 5) is 20.8. The van der Waals surface area contributed by atoms with Gasteiger partial charge in [0.2, 0.25) is 5.91 Å². The summed E-state index contributed by atoms with van der Waals surface area (Å²) in [5.74, 6) is 1.39. The van der Waals surface area contributed by atoms with Gasteiger partial charge in [0, 0.05) is 31.7 Å². The third-order valence-corrected chi connectivity index (χ3v) is 3.53. The second-order valence-electron chi connectivity index (χ2n) is 5.17. The van der Waals surface area contributed by atoms with Gasteiger partial charge in [-0.05, 0) is 19.1 Å². The molecule has 0 bridgehead atoms. The van der Waals surface area contributed by atoms with Gasteiger partial charge in [0.15, 0.2) is 5.82 Å². The van der Waals surface area contributed by atoms with Crippen LogP contribution in [0.1, 0.15) is 12.2 Å². The van der Waals surface area contributed by atoms with Gasteiger partial charge in [-0.1, -0.05) is 0 Å². The summed E-state index contributed by atoms with van der Waals surface area (Å²) in [5.41, 5.74) is 0.664. The molecule has 116 valence electrons. The van der Waals surface area contributed by atoms with Crippen LogP contribution in [0.15, 0.2) is 30.7 Å². The molecule has 22 heavy (non-hydrogen) atoms. The lowest BCUT2D eigenvalue weighted by molar-refractivity contribution is -0.119. The molecule has 1 aliphatic heterocycles. The molecule has 3 rings (SSSR count). The largest absolute Gasteiger partial charge is 0.375 e. The van der Waals surface area contributed by atoms with E-state index in [1.54, 1.807) is 18.5 Å². The maximum Gasteiger partial charge on any atom is 0.227 e. The van der Waals surface area contributed by atoms with Gasteiger partial charge in [0.25, 0.3) is 0 Å². The normalized spacial score (nSPS) is 18.1. The van der Waals surface area contributed by atoms with Gasteiger partial charge in [-0.25, -0.2) is 9.97 Å². The van der Waals surface area contributed by atoms with Crippen LogP contribution in [0.3, 0.4) is 0 Å². The molecule has 0 aliphatic carbocycles. The van der Waals surface area contributed by atoms with Gasteiger partial charge in [-0.15, -0.1) is 0 Å². The van der Waals surface area contributed by atoms with Crippen molar-refractivity contribution in [3.8, 4) is 5.82 Å². The molecular formula is C15H19N5O2. The highest BCUT2D eigenvalue weighted by atomic mass is 16.5. The topological polar surface area (TPSA) is 81.1 Å². The molecule has 2 N–H and O–H groups in total. The summed E-state index contributed by atoms with van der Waals surface area (Å²) in [6, 6.07) is 3.63. The molecule has 0 aromatic carbocycles. The number of rotatable bonds is 4. The van der Waals surface area contributed by atoms with Crippen LogP contribution in [0.2, 0.25) is 0 Å². The van der Waals surface area contributed by atoms with E-state index < -0.39 is 0 Å². The van der Waals surface area contributed by atoms with Crippen LogP contribution >= 0.6 is 0 Å². The van der Waals surface area contributed by atoms with E-state index in [1.165, 1.54) is 0 Å². The molecule has 0 spiro atoms. The van der Waals surface area contributed by atoms with Crippen molar-refractivity contribution in [1.82, 2.24) is 19.9 Å². The van der Waals surface area contributed by atoms with E-state index in [0.717, 1.165) is 12.4 Å². The standard InChI is InChI=1S/C15H19N5O2/c1-11-17-5-7-20(11)15-13(3-2-4-18-15)19-14(21)9-12-10-16-6-8-22-12/h2-5,7,12,16H,6,8-10H2,1H3,(H,19,21). The van der Waals surface area contributed by atoms with Crippen LogP contribution in [-0.2, 0) is 9.53 Å². The molecule has 1 amide bonds. The van der Waals surface area contributed by atoms with Gasteiger partial charge >= 0.3 is 0 Å². The third kappa shape index (κ3) is 3.32. The number of morpholine rings is 1. The first kappa shape index (κ1) is 14.7. The molecule has 2 aromatic heterocycles. The number of aromatic nitrogens is 3. The highest BCUT2D eigenvalue weighted by Crippen LogP contribution is 2.19. The van der Waals surface area contributed by atoms with Gasteiger partial charge in [-0.2, -0.15) is 0 Å². The lowest BCUT2D eigenvalue weighted by atomic mass is 10.2. The number of ether oxygens (including phenoxy) is 1. The molecule has 2 aromatic rings. The lowest BCUT2D eigenvalue weighted by Gasteiger charge is -2.23. The molecule has 1 saturated heterocycles. The van der Waals surface area contributed by atoms with Crippen LogP contribution < -0.4 is 10.6 Å². The van der Waals surface area contributed by atoms with E-state index in [-0.39, 0.29) is 12.0 Å². The maximum absolute atomic E-state index is 12.2. The van der Waals surface area contributed by atoms with E-state index in [2.05, 4.69) is 20.6 Å². The van der Waals surface area contributed by atoms with E-state index in [1.807, 2.05) is 23.8 Å². The summed E-state index contributed by atoms with van der Waals surface area (Å²) in [6.45, 7) is 4.07. The first-order valence-corrected chi connectivity index (χ1v) is 7.31. The number of nitrogens with one attached hydrogen (secondary N) is 2.